The summed E-state index contributed by atoms with van der Waals surface area (Å²) in [6, 6.07) is 8.93. The van der Waals surface area contributed by atoms with E-state index in [0.29, 0.717) is 11.4 Å². The highest BCUT2D eigenvalue weighted by atomic mass is 32.2. The van der Waals surface area contributed by atoms with Gasteiger partial charge in [0.1, 0.15) is 6.54 Å². The number of nitrogens with one attached hydrogen (secondary N) is 1. The van der Waals surface area contributed by atoms with Crippen LogP contribution in [0.3, 0.4) is 0 Å². The number of hydrogen-bond donors (Lipinski definition) is 1. The molecular formula is C18H17N5O2S. The van der Waals surface area contributed by atoms with Crippen LogP contribution in [0.2, 0.25) is 0 Å². The average Bonchev–Trinajstić information content (AvgIpc) is 3.20. The Hall–Kier alpha value is -2.87. The summed E-state index contributed by atoms with van der Waals surface area (Å²) >= 11 is 1.76. The Labute approximate surface area is 154 Å². The number of thioether (sulfide) groups is 1. The van der Waals surface area contributed by atoms with Gasteiger partial charge >= 0.3 is 0 Å². The molecule has 0 spiro atoms. The van der Waals surface area contributed by atoms with E-state index in [-0.39, 0.29) is 18.0 Å². The van der Waals surface area contributed by atoms with Crippen molar-refractivity contribution < 1.29 is 4.79 Å². The maximum atomic E-state index is 12.2. The van der Waals surface area contributed by atoms with Gasteiger partial charge in [0, 0.05) is 41.5 Å². The molecule has 0 saturated carbocycles. The standard InChI is InChI=1S/C18H17N5O2S/c1-12-8-17(25)23(11-19-12)10-16(24)20-14-4-2-13(3-5-14)15-9-22-6-7-26-18(22)21-15/h2-5,8-9,11H,6-7,10H2,1H3,(H,20,24). The van der Waals surface area contributed by atoms with Gasteiger partial charge in [-0.2, -0.15) is 0 Å². The van der Waals surface area contributed by atoms with Gasteiger partial charge in [-0.05, 0) is 19.1 Å². The molecule has 0 unspecified atom stereocenters. The second-order valence-corrected chi connectivity index (χ2v) is 7.13. The highest BCUT2D eigenvalue weighted by Gasteiger charge is 2.15. The molecule has 7 nitrogen and oxygen atoms in total. The van der Waals surface area contributed by atoms with Crippen molar-refractivity contribution in [2.45, 2.75) is 25.2 Å². The normalized spacial score (nSPS) is 12.8. The molecular weight excluding hydrogens is 350 g/mol. The highest BCUT2D eigenvalue weighted by Crippen LogP contribution is 2.29. The van der Waals surface area contributed by atoms with E-state index in [1.54, 1.807) is 18.7 Å². The molecule has 1 aliphatic rings. The second kappa shape index (κ2) is 6.80. The molecule has 3 aromatic rings. The summed E-state index contributed by atoms with van der Waals surface area (Å²) in [6.45, 7) is 2.66. The number of hydrogen-bond acceptors (Lipinski definition) is 5. The topological polar surface area (TPSA) is 81.8 Å². The second-order valence-electron chi connectivity index (χ2n) is 6.07. The third-order valence-electron chi connectivity index (χ3n) is 4.10. The predicted molar refractivity (Wildman–Crippen MR) is 100 cm³/mol. The van der Waals surface area contributed by atoms with Crippen LogP contribution in [0.25, 0.3) is 11.3 Å². The maximum Gasteiger partial charge on any atom is 0.253 e. The molecule has 1 aromatic carbocycles. The van der Waals surface area contributed by atoms with Crippen molar-refractivity contribution in [1.82, 2.24) is 19.1 Å². The van der Waals surface area contributed by atoms with Gasteiger partial charge in [0.25, 0.3) is 5.56 Å². The Morgan fingerprint density at radius 1 is 1.31 bits per heavy atom. The molecule has 0 saturated heterocycles. The first-order valence-electron chi connectivity index (χ1n) is 8.22. The smallest absolute Gasteiger partial charge is 0.253 e. The van der Waals surface area contributed by atoms with Gasteiger partial charge < -0.3 is 9.88 Å². The number of carbonyl (C=O) groups excluding carboxylic acids is 1. The van der Waals surface area contributed by atoms with Crippen LogP contribution in [0, 0.1) is 6.92 Å². The van der Waals surface area contributed by atoms with E-state index < -0.39 is 0 Å². The monoisotopic (exact) mass is 367 g/mol. The number of fused-ring (bicyclic) bond motifs is 1. The summed E-state index contributed by atoms with van der Waals surface area (Å²) in [6.07, 6.45) is 3.44. The number of amides is 1. The van der Waals surface area contributed by atoms with Crippen molar-refractivity contribution in [3.8, 4) is 11.3 Å². The Balaban J connectivity index is 1.43. The van der Waals surface area contributed by atoms with Crippen molar-refractivity contribution in [2.75, 3.05) is 11.1 Å². The van der Waals surface area contributed by atoms with Crippen LogP contribution in [-0.4, -0.2) is 30.8 Å². The SMILES string of the molecule is Cc1cc(=O)n(CC(=O)Nc2ccc(-c3cn4c(n3)SCC4)cc2)cn1. The molecule has 0 bridgehead atoms. The lowest BCUT2D eigenvalue weighted by molar-refractivity contribution is -0.116. The molecule has 0 fully saturated rings. The number of nitrogens with zero attached hydrogens (tertiary/aromatic N) is 4. The van der Waals surface area contributed by atoms with Crippen molar-refractivity contribution >= 4 is 23.4 Å². The van der Waals surface area contributed by atoms with Gasteiger partial charge in [0.05, 0.1) is 12.0 Å². The summed E-state index contributed by atoms with van der Waals surface area (Å²) in [5, 5.41) is 3.84. The Morgan fingerprint density at radius 3 is 2.85 bits per heavy atom. The van der Waals surface area contributed by atoms with Crippen LogP contribution in [0.15, 0.2) is 52.8 Å². The molecule has 3 heterocycles. The van der Waals surface area contributed by atoms with E-state index in [0.717, 1.165) is 28.7 Å². The molecule has 4 rings (SSSR count). The highest BCUT2D eigenvalue weighted by molar-refractivity contribution is 7.99. The molecule has 1 aliphatic heterocycles. The third-order valence-corrected chi connectivity index (χ3v) is 5.07. The minimum Gasteiger partial charge on any atom is -0.325 e. The van der Waals surface area contributed by atoms with Gasteiger partial charge in [-0.1, -0.05) is 23.9 Å². The van der Waals surface area contributed by atoms with E-state index in [1.165, 1.54) is 17.0 Å². The summed E-state index contributed by atoms with van der Waals surface area (Å²) in [4.78, 5) is 32.6. The first-order valence-corrected chi connectivity index (χ1v) is 9.20. The van der Waals surface area contributed by atoms with E-state index in [2.05, 4.69) is 26.0 Å². The van der Waals surface area contributed by atoms with Crippen molar-refractivity contribution in [3.63, 3.8) is 0 Å². The van der Waals surface area contributed by atoms with Crippen LogP contribution >= 0.6 is 11.8 Å². The zero-order chi connectivity index (χ0) is 18.1. The molecule has 8 heteroatoms. The quantitative estimate of drug-likeness (QED) is 0.764. The molecule has 0 radical (unpaired) electrons. The van der Waals surface area contributed by atoms with Crippen LogP contribution in [0.5, 0.6) is 0 Å². The lowest BCUT2D eigenvalue weighted by atomic mass is 10.1. The van der Waals surface area contributed by atoms with Gasteiger partial charge in [-0.3, -0.25) is 14.2 Å². The van der Waals surface area contributed by atoms with E-state index >= 15 is 0 Å². The fourth-order valence-electron chi connectivity index (χ4n) is 2.76. The largest absolute Gasteiger partial charge is 0.325 e. The lowest BCUT2D eigenvalue weighted by Crippen LogP contribution is -2.27. The van der Waals surface area contributed by atoms with E-state index in [1.807, 2.05) is 24.3 Å². The third kappa shape index (κ3) is 3.41. The fourth-order valence-corrected chi connectivity index (χ4v) is 3.71. The van der Waals surface area contributed by atoms with Gasteiger partial charge in [-0.15, -0.1) is 0 Å². The van der Waals surface area contributed by atoms with Crippen molar-refractivity contribution in [1.29, 1.82) is 0 Å². The first kappa shape index (κ1) is 16.6. The molecule has 1 amide bonds. The maximum absolute atomic E-state index is 12.2. The summed E-state index contributed by atoms with van der Waals surface area (Å²) < 4.78 is 3.43. The number of aromatic nitrogens is 4. The molecule has 26 heavy (non-hydrogen) atoms. The number of benzene rings is 1. The minimum atomic E-state index is -0.275. The predicted octanol–water partition coefficient (Wildman–Crippen LogP) is 2.16. The van der Waals surface area contributed by atoms with Crippen LogP contribution in [0.4, 0.5) is 5.69 Å². The van der Waals surface area contributed by atoms with Gasteiger partial charge in [0.2, 0.25) is 5.91 Å². The number of aryl methyl sites for hydroxylation is 2. The molecule has 132 valence electrons. The van der Waals surface area contributed by atoms with E-state index in [9.17, 15) is 9.59 Å². The molecule has 2 aromatic heterocycles. The summed E-state index contributed by atoms with van der Waals surface area (Å²) in [7, 11) is 0. The Kier molecular flexibility index (Phi) is 4.34. The summed E-state index contributed by atoms with van der Waals surface area (Å²) in [5.41, 5.74) is 3.00. The fraction of sp³-hybridized carbons (Fsp3) is 0.222. The molecule has 1 N–H and O–H groups in total. The zero-order valence-electron chi connectivity index (χ0n) is 14.2. The van der Waals surface area contributed by atoms with Gasteiger partial charge in [0.15, 0.2) is 5.16 Å². The lowest BCUT2D eigenvalue weighted by Gasteiger charge is -2.08. The van der Waals surface area contributed by atoms with Crippen LogP contribution in [0.1, 0.15) is 5.69 Å². The van der Waals surface area contributed by atoms with Gasteiger partial charge in [-0.25, -0.2) is 9.97 Å². The van der Waals surface area contributed by atoms with E-state index in [4.69, 9.17) is 0 Å². The van der Waals surface area contributed by atoms with Crippen LogP contribution in [-0.2, 0) is 17.9 Å². The summed E-state index contributed by atoms with van der Waals surface area (Å²) in [5.74, 6) is 0.801. The Bertz CT molecular complexity index is 1000. The number of rotatable bonds is 4. The number of imidazole rings is 1. The number of carbonyl (C=O) groups is 1. The first-order chi connectivity index (χ1) is 12.6. The minimum absolute atomic E-state index is 0.0706. The molecule has 0 aliphatic carbocycles. The molecule has 0 atom stereocenters. The average molecular weight is 367 g/mol. The number of anilines is 1. The Morgan fingerprint density at radius 2 is 2.12 bits per heavy atom. The zero-order valence-corrected chi connectivity index (χ0v) is 15.0. The van der Waals surface area contributed by atoms with Crippen LogP contribution < -0.4 is 10.9 Å². The van der Waals surface area contributed by atoms with Crippen molar-refractivity contribution in [3.05, 3.63) is 58.9 Å². The van der Waals surface area contributed by atoms with Crippen molar-refractivity contribution in [2.24, 2.45) is 0 Å².